The molecule has 0 atom stereocenters. The van der Waals surface area contributed by atoms with E-state index in [2.05, 4.69) is 5.32 Å². The van der Waals surface area contributed by atoms with Crippen LogP contribution in [0.2, 0.25) is 0 Å². The van der Waals surface area contributed by atoms with Crippen molar-refractivity contribution in [3.05, 3.63) is 59.2 Å². The molecular formula is C15H16N2O. The number of hydrogen-bond acceptors (Lipinski definition) is 2. The summed E-state index contributed by atoms with van der Waals surface area (Å²) in [5.74, 6) is -0.181. The van der Waals surface area contributed by atoms with Gasteiger partial charge in [-0.2, -0.15) is 0 Å². The van der Waals surface area contributed by atoms with Crippen molar-refractivity contribution in [2.75, 3.05) is 11.1 Å². The second kappa shape index (κ2) is 4.92. The molecule has 3 N–H and O–H groups in total. The molecule has 0 aliphatic heterocycles. The standard InChI is InChI=1S/C15H16N2O/c1-10-3-6-12(7-4-10)17-15(18)13-9-11(2)5-8-14(13)16/h3-9H,16H2,1-2H3,(H,17,18). The molecule has 2 aromatic rings. The van der Waals surface area contributed by atoms with Crippen molar-refractivity contribution in [1.82, 2.24) is 0 Å². The summed E-state index contributed by atoms with van der Waals surface area (Å²) in [6.07, 6.45) is 0. The molecule has 0 aromatic heterocycles. The summed E-state index contributed by atoms with van der Waals surface area (Å²) < 4.78 is 0. The third-order valence-electron chi connectivity index (χ3n) is 2.76. The minimum atomic E-state index is -0.181. The van der Waals surface area contributed by atoms with Gasteiger partial charge in [-0.15, -0.1) is 0 Å². The summed E-state index contributed by atoms with van der Waals surface area (Å²) in [5.41, 5.74) is 9.75. The summed E-state index contributed by atoms with van der Waals surface area (Å²) in [5, 5.41) is 2.83. The summed E-state index contributed by atoms with van der Waals surface area (Å²) >= 11 is 0. The maximum atomic E-state index is 12.1. The van der Waals surface area contributed by atoms with Crippen molar-refractivity contribution in [1.29, 1.82) is 0 Å². The molecule has 0 bridgehead atoms. The fourth-order valence-corrected chi connectivity index (χ4v) is 1.70. The Kier molecular flexibility index (Phi) is 3.33. The van der Waals surface area contributed by atoms with Crippen molar-refractivity contribution in [2.24, 2.45) is 0 Å². The maximum absolute atomic E-state index is 12.1. The van der Waals surface area contributed by atoms with Crippen LogP contribution in [0.5, 0.6) is 0 Å². The van der Waals surface area contributed by atoms with E-state index < -0.39 is 0 Å². The van der Waals surface area contributed by atoms with Crippen molar-refractivity contribution in [3.8, 4) is 0 Å². The van der Waals surface area contributed by atoms with Gasteiger partial charge in [0.1, 0.15) is 0 Å². The van der Waals surface area contributed by atoms with Gasteiger partial charge in [-0.3, -0.25) is 4.79 Å². The van der Waals surface area contributed by atoms with Gasteiger partial charge in [0.25, 0.3) is 5.91 Å². The van der Waals surface area contributed by atoms with E-state index in [1.54, 1.807) is 12.1 Å². The van der Waals surface area contributed by atoms with Gasteiger partial charge in [-0.25, -0.2) is 0 Å². The molecule has 0 saturated carbocycles. The highest BCUT2D eigenvalue weighted by Gasteiger charge is 2.09. The molecule has 0 heterocycles. The lowest BCUT2D eigenvalue weighted by atomic mass is 10.1. The van der Waals surface area contributed by atoms with Gasteiger partial charge in [-0.05, 0) is 38.1 Å². The molecule has 0 fully saturated rings. The zero-order valence-electron chi connectivity index (χ0n) is 10.5. The van der Waals surface area contributed by atoms with Crippen molar-refractivity contribution < 1.29 is 4.79 Å². The van der Waals surface area contributed by atoms with Crippen LogP contribution in [0, 0.1) is 13.8 Å². The second-order valence-corrected chi connectivity index (χ2v) is 4.41. The number of nitrogen functional groups attached to an aromatic ring is 1. The number of amides is 1. The Hall–Kier alpha value is -2.29. The molecule has 3 heteroatoms. The fraction of sp³-hybridized carbons (Fsp3) is 0.133. The van der Waals surface area contributed by atoms with E-state index in [9.17, 15) is 4.79 Å². The maximum Gasteiger partial charge on any atom is 0.257 e. The van der Waals surface area contributed by atoms with Crippen LogP contribution in [0.25, 0.3) is 0 Å². The molecule has 0 aliphatic carbocycles. The summed E-state index contributed by atoms with van der Waals surface area (Å²) in [7, 11) is 0. The first-order valence-electron chi connectivity index (χ1n) is 5.80. The Labute approximate surface area is 107 Å². The number of nitrogens with one attached hydrogen (secondary N) is 1. The van der Waals surface area contributed by atoms with Crippen molar-refractivity contribution in [2.45, 2.75) is 13.8 Å². The molecule has 0 unspecified atom stereocenters. The molecule has 3 nitrogen and oxygen atoms in total. The lowest BCUT2D eigenvalue weighted by Crippen LogP contribution is -2.14. The van der Waals surface area contributed by atoms with Gasteiger partial charge in [0.15, 0.2) is 0 Å². The minimum absolute atomic E-state index is 0.181. The third kappa shape index (κ3) is 2.69. The first-order valence-corrected chi connectivity index (χ1v) is 5.80. The van der Waals surface area contributed by atoms with E-state index >= 15 is 0 Å². The second-order valence-electron chi connectivity index (χ2n) is 4.41. The van der Waals surface area contributed by atoms with Crippen LogP contribution < -0.4 is 11.1 Å². The molecule has 0 spiro atoms. The Morgan fingerprint density at radius 1 is 1.00 bits per heavy atom. The van der Waals surface area contributed by atoms with Gasteiger partial charge >= 0.3 is 0 Å². The highest BCUT2D eigenvalue weighted by Crippen LogP contribution is 2.16. The van der Waals surface area contributed by atoms with E-state index in [1.807, 2.05) is 44.2 Å². The lowest BCUT2D eigenvalue weighted by Gasteiger charge is -2.08. The first-order chi connectivity index (χ1) is 8.56. The average molecular weight is 240 g/mol. The largest absolute Gasteiger partial charge is 0.398 e. The van der Waals surface area contributed by atoms with Crippen LogP contribution >= 0.6 is 0 Å². The van der Waals surface area contributed by atoms with Gasteiger partial charge < -0.3 is 11.1 Å². The van der Waals surface area contributed by atoms with Gasteiger partial charge in [-0.1, -0.05) is 29.3 Å². The van der Waals surface area contributed by atoms with Crippen LogP contribution in [0.15, 0.2) is 42.5 Å². The highest BCUT2D eigenvalue weighted by molar-refractivity contribution is 6.07. The zero-order valence-corrected chi connectivity index (χ0v) is 10.5. The van der Waals surface area contributed by atoms with Crippen molar-refractivity contribution >= 4 is 17.3 Å². The first kappa shape index (κ1) is 12.2. The Morgan fingerprint density at radius 2 is 1.61 bits per heavy atom. The molecule has 18 heavy (non-hydrogen) atoms. The van der Waals surface area contributed by atoms with Gasteiger partial charge in [0, 0.05) is 11.4 Å². The van der Waals surface area contributed by atoms with E-state index in [0.717, 1.165) is 16.8 Å². The molecule has 0 aliphatic rings. The number of carbonyl (C=O) groups excluding carboxylic acids is 1. The van der Waals surface area contributed by atoms with Crippen LogP contribution in [-0.2, 0) is 0 Å². The van der Waals surface area contributed by atoms with Gasteiger partial charge in [0.2, 0.25) is 0 Å². The van der Waals surface area contributed by atoms with E-state index in [0.29, 0.717) is 11.3 Å². The van der Waals surface area contributed by atoms with Gasteiger partial charge in [0.05, 0.1) is 5.56 Å². The van der Waals surface area contributed by atoms with Crippen LogP contribution in [0.4, 0.5) is 11.4 Å². The quantitative estimate of drug-likeness (QED) is 0.792. The van der Waals surface area contributed by atoms with E-state index in [4.69, 9.17) is 5.73 Å². The lowest BCUT2D eigenvalue weighted by molar-refractivity contribution is 0.102. The number of nitrogens with two attached hydrogens (primary N) is 1. The number of anilines is 2. The number of aryl methyl sites for hydroxylation is 2. The summed E-state index contributed by atoms with van der Waals surface area (Å²) in [6.45, 7) is 3.94. The highest BCUT2D eigenvalue weighted by atomic mass is 16.1. The Morgan fingerprint density at radius 3 is 2.28 bits per heavy atom. The topological polar surface area (TPSA) is 55.1 Å². The molecule has 2 aromatic carbocycles. The number of rotatable bonds is 2. The molecule has 1 amide bonds. The predicted octanol–water partition coefficient (Wildman–Crippen LogP) is 3.14. The SMILES string of the molecule is Cc1ccc(NC(=O)c2cc(C)ccc2N)cc1. The Bertz CT molecular complexity index is 574. The van der Waals surface area contributed by atoms with E-state index in [1.165, 1.54) is 0 Å². The average Bonchev–Trinajstić information content (AvgIpc) is 2.35. The number of benzene rings is 2. The summed E-state index contributed by atoms with van der Waals surface area (Å²) in [4.78, 5) is 12.1. The zero-order chi connectivity index (χ0) is 13.1. The predicted molar refractivity (Wildman–Crippen MR) is 74.7 cm³/mol. The third-order valence-corrected chi connectivity index (χ3v) is 2.76. The number of carbonyl (C=O) groups is 1. The molecular weight excluding hydrogens is 224 g/mol. The summed E-state index contributed by atoms with van der Waals surface area (Å²) in [6, 6.07) is 13.1. The molecule has 0 saturated heterocycles. The smallest absolute Gasteiger partial charge is 0.257 e. The Balaban J connectivity index is 2.21. The fourth-order valence-electron chi connectivity index (χ4n) is 1.70. The van der Waals surface area contributed by atoms with Crippen LogP contribution in [-0.4, -0.2) is 5.91 Å². The molecule has 0 radical (unpaired) electrons. The number of hydrogen-bond donors (Lipinski definition) is 2. The van der Waals surface area contributed by atoms with Crippen LogP contribution in [0.1, 0.15) is 21.5 Å². The minimum Gasteiger partial charge on any atom is -0.398 e. The monoisotopic (exact) mass is 240 g/mol. The normalized spacial score (nSPS) is 10.1. The molecule has 92 valence electrons. The van der Waals surface area contributed by atoms with E-state index in [-0.39, 0.29) is 5.91 Å². The van der Waals surface area contributed by atoms with Crippen molar-refractivity contribution in [3.63, 3.8) is 0 Å². The molecule has 2 rings (SSSR count). The van der Waals surface area contributed by atoms with Crippen LogP contribution in [0.3, 0.4) is 0 Å².